The molecular formula is C11H22N2O. The molecule has 0 aromatic carbocycles. The highest BCUT2D eigenvalue weighted by atomic mass is 16.5. The zero-order valence-electron chi connectivity index (χ0n) is 9.14. The van der Waals surface area contributed by atoms with Crippen molar-refractivity contribution in [2.45, 2.75) is 19.8 Å². The van der Waals surface area contributed by atoms with E-state index in [4.69, 9.17) is 4.74 Å². The number of nitrogens with one attached hydrogen (secondary N) is 2. The van der Waals surface area contributed by atoms with E-state index in [-0.39, 0.29) is 0 Å². The van der Waals surface area contributed by atoms with Gasteiger partial charge in [0.2, 0.25) is 0 Å². The predicted octanol–water partition coefficient (Wildman–Crippen LogP) is 0.612. The Hall–Kier alpha value is -0.120. The van der Waals surface area contributed by atoms with Crippen molar-refractivity contribution in [3.63, 3.8) is 0 Å². The van der Waals surface area contributed by atoms with Gasteiger partial charge in [-0.25, -0.2) is 0 Å². The van der Waals surface area contributed by atoms with Crippen molar-refractivity contribution in [1.82, 2.24) is 10.6 Å². The van der Waals surface area contributed by atoms with E-state index in [9.17, 15) is 0 Å². The summed E-state index contributed by atoms with van der Waals surface area (Å²) in [6.45, 7) is 8.93. The van der Waals surface area contributed by atoms with Crippen LogP contribution in [0.15, 0.2) is 0 Å². The molecule has 2 unspecified atom stereocenters. The summed E-state index contributed by atoms with van der Waals surface area (Å²) in [4.78, 5) is 0. The van der Waals surface area contributed by atoms with E-state index in [0.29, 0.717) is 5.41 Å². The van der Waals surface area contributed by atoms with Crippen LogP contribution in [0.1, 0.15) is 19.8 Å². The van der Waals surface area contributed by atoms with E-state index in [0.717, 1.165) is 32.2 Å². The molecular weight excluding hydrogens is 176 g/mol. The van der Waals surface area contributed by atoms with Crippen molar-refractivity contribution >= 4 is 0 Å². The van der Waals surface area contributed by atoms with Crippen molar-refractivity contribution < 1.29 is 4.74 Å². The van der Waals surface area contributed by atoms with E-state index < -0.39 is 0 Å². The Labute approximate surface area is 86.6 Å². The van der Waals surface area contributed by atoms with Gasteiger partial charge < -0.3 is 15.4 Å². The smallest absolute Gasteiger partial charge is 0.0507 e. The Bertz CT molecular complexity index is 172. The van der Waals surface area contributed by atoms with Gasteiger partial charge in [-0.2, -0.15) is 0 Å². The Kier molecular flexibility index (Phi) is 3.42. The summed E-state index contributed by atoms with van der Waals surface area (Å²) in [6, 6.07) is 0. The van der Waals surface area contributed by atoms with Crippen LogP contribution in [0.5, 0.6) is 0 Å². The third-order valence-corrected chi connectivity index (χ3v) is 3.47. The van der Waals surface area contributed by atoms with Gasteiger partial charge in [0.25, 0.3) is 0 Å². The molecule has 2 heterocycles. The highest BCUT2D eigenvalue weighted by Gasteiger charge is 2.28. The molecule has 2 N–H and O–H groups in total. The van der Waals surface area contributed by atoms with Crippen LogP contribution in [0, 0.1) is 11.3 Å². The van der Waals surface area contributed by atoms with Gasteiger partial charge in [-0.1, -0.05) is 6.92 Å². The summed E-state index contributed by atoms with van der Waals surface area (Å²) in [7, 11) is 0. The van der Waals surface area contributed by atoms with Crippen molar-refractivity contribution in [3.8, 4) is 0 Å². The molecule has 0 aromatic heterocycles. The summed E-state index contributed by atoms with van der Waals surface area (Å²) < 4.78 is 5.35. The summed E-state index contributed by atoms with van der Waals surface area (Å²) in [5.41, 5.74) is 0.486. The van der Waals surface area contributed by atoms with Crippen LogP contribution in [0.2, 0.25) is 0 Å². The van der Waals surface area contributed by atoms with E-state index in [1.165, 1.54) is 25.9 Å². The highest BCUT2D eigenvalue weighted by molar-refractivity contribution is 4.85. The predicted molar refractivity (Wildman–Crippen MR) is 57.4 cm³/mol. The van der Waals surface area contributed by atoms with E-state index >= 15 is 0 Å². The molecule has 0 amide bonds. The lowest BCUT2D eigenvalue weighted by Crippen LogP contribution is -2.36. The quantitative estimate of drug-likeness (QED) is 0.694. The molecule has 0 saturated carbocycles. The van der Waals surface area contributed by atoms with Gasteiger partial charge >= 0.3 is 0 Å². The third kappa shape index (κ3) is 2.69. The molecule has 82 valence electrons. The standard InChI is InChI=1S/C11H22N2O/c1-11(3-4-12-8-11)9-13-6-10-2-5-14-7-10/h10,12-13H,2-9H2,1H3. The number of hydrogen-bond acceptors (Lipinski definition) is 3. The van der Waals surface area contributed by atoms with Crippen LogP contribution < -0.4 is 10.6 Å². The second-order valence-electron chi connectivity index (χ2n) is 5.10. The Balaban J connectivity index is 1.61. The summed E-state index contributed by atoms with van der Waals surface area (Å²) in [5.74, 6) is 0.757. The molecule has 2 rings (SSSR count). The first-order chi connectivity index (χ1) is 6.79. The fraction of sp³-hybridized carbons (Fsp3) is 1.00. The molecule has 0 radical (unpaired) electrons. The largest absolute Gasteiger partial charge is 0.381 e. The van der Waals surface area contributed by atoms with E-state index in [1.54, 1.807) is 0 Å². The van der Waals surface area contributed by atoms with Crippen molar-refractivity contribution in [2.24, 2.45) is 11.3 Å². The molecule has 2 aliphatic heterocycles. The average molecular weight is 198 g/mol. The first-order valence-electron chi connectivity index (χ1n) is 5.78. The van der Waals surface area contributed by atoms with Crippen LogP contribution in [-0.4, -0.2) is 39.4 Å². The molecule has 0 aromatic rings. The van der Waals surface area contributed by atoms with Crippen LogP contribution in [0.25, 0.3) is 0 Å². The Morgan fingerprint density at radius 2 is 2.50 bits per heavy atom. The minimum Gasteiger partial charge on any atom is -0.381 e. The van der Waals surface area contributed by atoms with Gasteiger partial charge in [0.15, 0.2) is 0 Å². The van der Waals surface area contributed by atoms with Gasteiger partial charge in [0.1, 0.15) is 0 Å². The zero-order chi connectivity index (χ0) is 9.86. The maximum atomic E-state index is 5.35. The normalized spacial score (nSPS) is 37.9. The maximum absolute atomic E-state index is 5.35. The molecule has 2 aliphatic rings. The number of hydrogen-bond donors (Lipinski definition) is 2. The minimum atomic E-state index is 0.486. The van der Waals surface area contributed by atoms with Gasteiger partial charge in [-0.15, -0.1) is 0 Å². The van der Waals surface area contributed by atoms with Gasteiger partial charge in [-0.05, 0) is 30.7 Å². The molecule has 3 heteroatoms. The molecule has 0 spiro atoms. The first-order valence-corrected chi connectivity index (χ1v) is 5.78. The SMILES string of the molecule is CC1(CNCC2CCOC2)CCNC1. The van der Waals surface area contributed by atoms with Crippen LogP contribution in [-0.2, 0) is 4.74 Å². The van der Waals surface area contributed by atoms with Crippen LogP contribution in [0.3, 0.4) is 0 Å². The van der Waals surface area contributed by atoms with Gasteiger partial charge in [0, 0.05) is 26.2 Å². The number of rotatable bonds is 4. The second-order valence-corrected chi connectivity index (χ2v) is 5.10. The molecule has 14 heavy (non-hydrogen) atoms. The highest BCUT2D eigenvalue weighted by Crippen LogP contribution is 2.23. The molecule has 0 bridgehead atoms. The molecule has 2 fully saturated rings. The maximum Gasteiger partial charge on any atom is 0.0507 e. The third-order valence-electron chi connectivity index (χ3n) is 3.47. The fourth-order valence-electron chi connectivity index (χ4n) is 2.34. The van der Waals surface area contributed by atoms with Crippen molar-refractivity contribution in [1.29, 1.82) is 0 Å². The van der Waals surface area contributed by atoms with Crippen molar-refractivity contribution in [2.75, 3.05) is 39.4 Å². The van der Waals surface area contributed by atoms with E-state index in [2.05, 4.69) is 17.6 Å². The lowest BCUT2D eigenvalue weighted by Gasteiger charge is -2.23. The Morgan fingerprint density at radius 1 is 1.57 bits per heavy atom. The second kappa shape index (κ2) is 4.60. The molecule has 2 saturated heterocycles. The lowest BCUT2D eigenvalue weighted by molar-refractivity contribution is 0.184. The Morgan fingerprint density at radius 3 is 3.14 bits per heavy atom. The molecule has 2 atom stereocenters. The van der Waals surface area contributed by atoms with E-state index in [1.807, 2.05) is 0 Å². The van der Waals surface area contributed by atoms with Crippen molar-refractivity contribution in [3.05, 3.63) is 0 Å². The molecule has 0 aliphatic carbocycles. The summed E-state index contributed by atoms with van der Waals surface area (Å²) in [5, 5.41) is 7.02. The lowest BCUT2D eigenvalue weighted by atomic mass is 9.90. The average Bonchev–Trinajstić information content (AvgIpc) is 2.77. The monoisotopic (exact) mass is 198 g/mol. The topological polar surface area (TPSA) is 33.3 Å². The minimum absolute atomic E-state index is 0.486. The zero-order valence-corrected chi connectivity index (χ0v) is 9.14. The van der Waals surface area contributed by atoms with Gasteiger partial charge in [0.05, 0.1) is 6.61 Å². The number of ether oxygens (including phenoxy) is 1. The van der Waals surface area contributed by atoms with Gasteiger partial charge in [-0.3, -0.25) is 0 Å². The van der Waals surface area contributed by atoms with Crippen LogP contribution in [0.4, 0.5) is 0 Å². The summed E-state index contributed by atoms with van der Waals surface area (Å²) in [6.07, 6.45) is 2.54. The molecule has 3 nitrogen and oxygen atoms in total. The fourth-order valence-corrected chi connectivity index (χ4v) is 2.34. The van der Waals surface area contributed by atoms with Crippen LogP contribution >= 0.6 is 0 Å². The first kappa shape index (κ1) is 10.4. The summed E-state index contributed by atoms with van der Waals surface area (Å²) >= 11 is 0.